The number of ether oxygens (including phenoxy) is 2. The van der Waals surface area contributed by atoms with E-state index in [9.17, 15) is 9.59 Å². The monoisotopic (exact) mass is 553 g/mol. The molecule has 4 aliphatic rings. The summed E-state index contributed by atoms with van der Waals surface area (Å²) in [5, 5.41) is 0. The number of carbonyl (C=O) groups is 1. The van der Waals surface area contributed by atoms with Crippen LogP contribution in [0.1, 0.15) is 87.4 Å². The topological polar surface area (TPSA) is 74.9 Å². The number of nitrogens with one attached hydrogen (secondary N) is 1. The first kappa shape index (κ1) is 27.2. The van der Waals surface area contributed by atoms with Gasteiger partial charge in [-0.1, -0.05) is 6.92 Å². The van der Waals surface area contributed by atoms with Gasteiger partial charge in [0.05, 0.1) is 30.9 Å². The number of likely N-dealkylation sites (tertiary alicyclic amines) is 1. The molecule has 5 heterocycles. The fourth-order valence-electron chi connectivity index (χ4n) is 7.33. The van der Waals surface area contributed by atoms with Crippen molar-refractivity contribution >= 4 is 17.2 Å². The molecule has 1 aliphatic carbocycles. The molecule has 0 unspecified atom stereocenters. The molecule has 2 aromatic heterocycles. The van der Waals surface area contributed by atoms with Crippen molar-refractivity contribution in [3.8, 4) is 0 Å². The van der Waals surface area contributed by atoms with Gasteiger partial charge in [0.15, 0.2) is 0 Å². The number of hydrogen-bond acceptors (Lipinski definition) is 6. The molecule has 0 bridgehead atoms. The lowest BCUT2D eigenvalue weighted by Gasteiger charge is -2.47. The van der Waals surface area contributed by atoms with Gasteiger partial charge in [-0.25, -0.2) is 0 Å². The van der Waals surface area contributed by atoms with E-state index in [2.05, 4.69) is 23.7 Å². The number of hydrogen-bond donors (Lipinski definition) is 1. The Balaban J connectivity index is 1.06. The zero-order chi connectivity index (χ0) is 27.3. The van der Waals surface area contributed by atoms with Gasteiger partial charge in [-0.3, -0.25) is 14.5 Å². The maximum atomic E-state index is 13.6. The van der Waals surface area contributed by atoms with Crippen LogP contribution in [-0.4, -0.2) is 71.8 Å². The lowest BCUT2D eigenvalue weighted by molar-refractivity contribution is -0.110. The molecule has 2 atom stereocenters. The van der Waals surface area contributed by atoms with Crippen LogP contribution in [-0.2, 0) is 22.4 Å². The largest absolute Gasteiger partial charge is 0.379 e. The number of carbonyl (C=O) groups excluding carboxylic acids is 1. The predicted molar refractivity (Wildman–Crippen MR) is 154 cm³/mol. The summed E-state index contributed by atoms with van der Waals surface area (Å²) in [7, 11) is 0. The third-order valence-corrected chi connectivity index (χ3v) is 11.3. The van der Waals surface area contributed by atoms with Crippen LogP contribution in [0, 0.1) is 26.7 Å². The zero-order valence-corrected chi connectivity index (χ0v) is 24.7. The molecule has 8 heteroatoms. The number of pyridine rings is 1. The molecule has 212 valence electrons. The summed E-state index contributed by atoms with van der Waals surface area (Å²) in [4.78, 5) is 36.3. The van der Waals surface area contributed by atoms with Crippen molar-refractivity contribution in [1.29, 1.82) is 0 Å². The van der Waals surface area contributed by atoms with Crippen LogP contribution < -0.4 is 5.56 Å². The fourth-order valence-corrected chi connectivity index (χ4v) is 8.76. The van der Waals surface area contributed by atoms with Crippen molar-refractivity contribution in [3.05, 3.63) is 54.1 Å². The van der Waals surface area contributed by atoms with Crippen molar-refractivity contribution in [3.63, 3.8) is 0 Å². The molecular formula is C31H43N3O4S. The molecule has 1 saturated carbocycles. The van der Waals surface area contributed by atoms with Gasteiger partial charge in [-0.15, -0.1) is 11.3 Å². The van der Waals surface area contributed by atoms with Gasteiger partial charge in [0.25, 0.3) is 11.5 Å². The number of amides is 1. The van der Waals surface area contributed by atoms with Crippen molar-refractivity contribution in [2.75, 3.05) is 32.8 Å². The number of nitrogens with zero attached hydrogens (tertiary/aromatic N) is 2. The predicted octanol–water partition coefficient (Wildman–Crippen LogP) is 4.71. The van der Waals surface area contributed by atoms with E-state index in [1.54, 1.807) is 0 Å². The maximum absolute atomic E-state index is 13.6. The Morgan fingerprint density at radius 2 is 1.87 bits per heavy atom. The molecule has 1 N–H and O–H groups in total. The molecule has 7 nitrogen and oxygen atoms in total. The summed E-state index contributed by atoms with van der Waals surface area (Å²) in [6.07, 6.45) is 7.64. The number of aromatic nitrogens is 1. The highest BCUT2D eigenvalue weighted by molar-refractivity contribution is 7.12. The second-order valence-corrected chi connectivity index (χ2v) is 13.5. The summed E-state index contributed by atoms with van der Waals surface area (Å²) < 4.78 is 11.6. The second kappa shape index (κ2) is 11.1. The Bertz CT molecular complexity index is 1270. The summed E-state index contributed by atoms with van der Waals surface area (Å²) in [6, 6.07) is 2.68. The molecule has 2 saturated heterocycles. The van der Waals surface area contributed by atoms with E-state index < -0.39 is 0 Å². The summed E-state index contributed by atoms with van der Waals surface area (Å²) >= 11 is 1.87. The minimum atomic E-state index is -0.0808. The van der Waals surface area contributed by atoms with Crippen LogP contribution in [0.25, 0.3) is 0 Å². The van der Waals surface area contributed by atoms with E-state index in [1.807, 2.05) is 36.2 Å². The number of fused-ring (bicyclic) bond motifs is 1. The third-order valence-electron chi connectivity index (χ3n) is 9.74. The van der Waals surface area contributed by atoms with Gasteiger partial charge in [0.1, 0.15) is 0 Å². The molecule has 0 aromatic carbocycles. The third kappa shape index (κ3) is 5.37. The zero-order valence-electron chi connectivity index (χ0n) is 23.9. The molecule has 39 heavy (non-hydrogen) atoms. The van der Waals surface area contributed by atoms with E-state index in [-0.39, 0.29) is 11.5 Å². The van der Waals surface area contributed by atoms with E-state index in [4.69, 9.17) is 9.47 Å². The van der Waals surface area contributed by atoms with Crippen LogP contribution in [0.2, 0.25) is 0 Å². The van der Waals surface area contributed by atoms with Crippen LogP contribution in [0.5, 0.6) is 0 Å². The first-order valence-electron chi connectivity index (χ1n) is 14.9. The molecular weight excluding hydrogens is 510 g/mol. The number of aromatic amines is 1. The standard InChI is InChI=1S/C31H43N3O4S/c1-18-13-19(2)32-30(35)26(18)16-33-11-9-27-28(31(33)36)21(4)29(39-27)20(3)22-5-7-23(8-6-22)34-14-25(15-34)38-24-10-12-37-17-24/h13,20,22-25H,5-12,14-17H2,1-4H3,(H,32,35)/t20-,22-,23-,24+/m1/s1. The van der Waals surface area contributed by atoms with E-state index in [1.165, 1.54) is 41.0 Å². The van der Waals surface area contributed by atoms with Gasteiger partial charge >= 0.3 is 0 Å². The van der Waals surface area contributed by atoms with Gasteiger partial charge in [-0.05, 0) is 81.9 Å². The Morgan fingerprint density at radius 1 is 1.10 bits per heavy atom. The van der Waals surface area contributed by atoms with Gasteiger partial charge < -0.3 is 19.4 Å². The van der Waals surface area contributed by atoms with Crippen molar-refractivity contribution in [1.82, 2.24) is 14.8 Å². The smallest absolute Gasteiger partial charge is 0.255 e. The highest BCUT2D eigenvalue weighted by Gasteiger charge is 2.39. The van der Waals surface area contributed by atoms with Crippen LogP contribution in [0.3, 0.4) is 0 Å². The fraction of sp³-hybridized carbons (Fsp3) is 0.677. The van der Waals surface area contributed by atoms with Crippen molar-refractivity contribution in [2.24, 2.45) is 5.92 Å². The van der Waals surface area contributed by atoms with Gasteiger partial charge in [0, 0.05) is 59.7 Å². The molecule has 3 aliphatic heterocycles. The summed E-state index contributed by atoms with van der Waals surface area (Å²) in [5.74, 6) is 1.23. The Kier molecular flexibility index (Phi) is 7.74. The SMILES string of the molecule is Cc1cc(C)c(CN2CCc3sc([C@H](C)[C@H]4CC[C@H](N5CC(O[C@H]6CCOC6)C5)CC4)c(C)c3C2=O)c(=O)[nH]1. The number of aryl methyl sites for hydroxylation is 2. The maximum Gasteiger partial charge on any atom is 0.255 e. The van der Waals surface area contributed by atoms with Gasteiger partial charge in [0.2, 0.25) is 0 Å². The quantitative estimate of drug-likeness (QED) is 0.538. The Morgan fingerprint density at radius 3 is 2.56 bits per heavy atom. The Labute approximate surface area is 235 Å². The lowest BCUT2D eigenvalue weighted by atomic mass is 9.76. The van der Waals surface area contributed by atoms with Gasteiger partial charge in [-0.2, -0.15) is 0 Å². The number of rotatable bonds is 7. The molecule has 0 radical (unpaired) electrons. The average Bonchev–Trinajstić information content (AvgIpc) is 3.52. The van der Waals surface area contributed by atoms with E-state index >= 15 is 0 Å². The minimum absolute atomic E-state index is 0.0808. The Hall–Kier alpha value is -2.00. The first-order chi connectivity index (χ1) is 18.8. The van der Waals surface area contributed by atoms with E-state index in [0.29, 0.717) is 48.7 Å². The summed E-state index contributed by atoms with van der Waals surface area (Å²) in [6.45, 7) is 13.2. The van der Waals surface area contributed by atoms with Crippen molar-refractivity contribution in [2.45, 2.75) is 96.9 Å². The normalized spacial score (nSPS) is 27.0. The highest BCUT2D eigenvalue weighted by Crippen LogP contribution is 2.44. The highest BCUT2D eigenvalue weighted by atomic mass is 32.1. The molecule has 2 aromatic rings. The molecule has 6 rings (SSSR count). The van der Waals surface area contributed by atoms with E-state index in [0.717, 1.165) is 56.0 Å². The molecule has 3 fully saturated rings. The van der Waals surface area contributed by atoms with Crippen LogP contribution in [0.15, 0.2) is 10.9 Å². The number of thiophene rings is 1. The minimum Gasteiger partial charge on any atom is -0.379 e. The average molecular weight is 554 g/mol. The van der Waals surface area contributed by atoms with Crippen LogP contribution >= 0.6 is 11.3 Å². The lowest BCUT2D eigenvalue weighted by Crippen LogP contribution is -2.58. The molecule has 0 spiro atoms. The van der Waals surface area contributed by atoms with Crippen LogP contribution in [0.4, 0.5) is 0 Å². The molecule has 1 amide bonds. The van der Waals surface area contributed by atoms with Crippen molar-refractivity contribution < 1.29 is 14.3 Å². The number of H-pyrrole nitrogens is 1. The summed E-state index contributed by atoms with van der Waals surface area (Å²) in [5.41, 5.74) is 4.50. The first-order valence-corrected chi connectivity index (χ1v) is 15.7. The second-order valence-electron chi connectivity index (χ2n) is 12.4.